The van der Waals surface area contributed by atoms with Crippen LogP contribution in [0.4, 0.5) is 0 Å². The number of amides is 1. The Morgan fingerprint density at radius 2 is 1.96 bits per heavy atom. The van der Waals surface area contributed by atoms with Gasteiger partial charge in [-0.05, 0) is 44.4 Å². The van der Waals surface area contributed by atoms with Gasteiger partial charge in [-0.2, -0.15) is 5.10 Å². The van der Waals surface area contributed by atoms with Crippen molar-refractivity contribution in [1.29, 1.82) is 0 Å². The van der Waals surface area contributed by atoms with Gasteiger partial charge in [-0.3, -0.25) is 9.89 Å². The Kier molecular flexibility index (Phi) is 4.57. The second-order valence-electron chi connectivity index (χ2n) is 6.73. The Morgan fingerprint density at radius 1 is 1.20 bits per heavy atom. The van der Waals surface area contributed by atoms with E-state index in [1.807, 2.05) is 19.9 Å². The SMILES string of the molecule is Cc1n[nH]c(C)c1-c1cc(C)c2cccc(CCC(=O)N(C)C)c2n1. The quantitative estimate of drug-likeness (QED) is 0.792. The maximum atomic E-state index is 12.0. The minimum Gasteiger partial charge on any atom is -0.349 e. The third-order valence-corrected chi connectivity index (χ3v) is 4.62. The molecule has 0 saturated heterocycles. The molecule has 1 aromatic carbocycles. The van der Waals surface area contributed by atoms with Gasteiger partial charge < -0.3 is 4.90 Å². The van der Waals surface area contributed by atoms with Crippen LogP contribution in [0.5, 0.6) is 0 Å². The number of pyridine rings is 1. The van der Waals surface area contributed by atoms with E-state index < -0.39 is 0 Å². The topological polar surface area (TPSA) is 61.9 Å². The third-order valence-electron chi connectivity index (χ3n) is 4.62. The maximum absolute atomic E-state index is 12.0. The van der Waals surface area contributed by atoms with Gasteiger partial charge in [-0.15, -0.1) is 0 Å². The van der Waals surface area contributed by atoms with Crippen molar-refractivity contribution in [1.82, 2.24) is 20.1 Å². The summed E-state index contributed by atoms with van der Waals surface area (Å²) >= 11 is 0. The molecule has 130 valence electrons. The minimum absolute atomic E-state index is 0.131. The summed E-state index contributed by atoms with van der Waals surface area (Å²) < 4.78 is 0. The van der Waals surface area contributed by atoms with Gasteiger partial charge in [0.2, 0.25) is 5.91 Å². The number of nitrogens with zero attached hydrogens (tertiary/aromatic N) is 3. The highest BCUT2D eigenvalue weighted by Gasteiger charge is 2.14. The van der Waals surface area contributed by atoms with E-state index in [0.717, 1.165) is 39.1 Å². The second-order valence-corrected chi connectivity index (χ2v) is 6.73. The minimum atomic E-state index is 0.131. The van der Waals surface area contributed by atoms with Crippen LogP contribution in [0.3, 0.4) is 0 Å². The summed E-state index contributed by atoms with van der Waals surface area (Å²) in [4.78, 5) is 18.5. The van der Waals surface area contributed by atoms with Crippen LogP contribution < -0.4 is 0 Å². The largest absolute Gasteiger partial charge is 0.349 e. The van der Waals surface area contributed by atoms with Crippen LogP contribution in [0.15, 0.2) is 24.3 Å². The number of H-pyrrole nitrogens is 1. The monoisotopic (exact) mass is 336 g/mol. The molecule has 0 saturated carbocycles. The van der Waals surface area contributed by atoms with Crippen LogP contribution in [-0.4, -0.2) is 40.1 Å². The molecule has 0 aliphatic rings. The molecule has 0 unspecified atom stereocenters. The first-order valence-electron chi connectivity index (χ1n) is 8.50. The standard InChI is InChI=1S/C20H24N4O/c1-12-11-17(19-13(2)22-23-14(19)3)21-20-15(7-6-8-16(12)20)9-10-18(25)24(4)5/h6-8,11H,9-10H2,1-5H3,(H,22,23). The van der Waals surface area contributed by atoms with Gasteiger partial charge in [-0.25, -0.2) is 4.98 Å². The number of aromatic nitrogens is 3. The highest BCUT2D eigenvalue weighted by atomic mass is 16.2. The summed E-state index contributed by atoms with van der Waals surface area (Å²) in [6.07, 6.45) is 1.18. The number of aryl methyl sites for hydroxylation is 4. The molecule has 25 heavy (non-hydrogen) atoms. The van der Waals surface area contributed by atoms with Gasteiger partial charge in [-0.1, -0.05) is 18.2 Å². The lowest BCUT2D eigenvalue weighted by molar-refractivity contribution is -0.128. The first kappa shape index (κ1) is 17.1. The normalized spacial score (nSPS) is 11.1. The smallest absolute Gasteiger partial charge is 0.222 e. The summed E-state index contributed by atoms with van der Waals surface area (Å²) in [5.74, 6) is 0.131. The van der Waals surface area contributed by atoms with Gasteiger partial charge >= 0.3 is 0 Å². The number of para-hydroxylation sites is 1. The van der Waals surface area contributed by atoms with E-state index in [2.05, 4.69) is 35.3 Å². The van der Waals surface area contributed by atoms with E-state index in [1.54, 1.807) is 19.0 Å². The fraction of sp³-hybridized carbons (Fsp3) is 0.350. The number of aromatic amines is 1. The van der Waals surface area contributed by atoms with E-state index in [1.165, 1.54) is 5.56 Å². The average molecular weight is 336 g/mol. The Hall–Kier alpha value is -2.69. The molecule has 0 bridgehead atoms. The van der Waals surface area contributed by atoms with Gasteiger partial charge in [0, 0.05) is 37.2 Å². The number of fused-ring (bicyclic) bond motifs is 1. The summed E-state index contributed by atoms with van der Waals surface area (Å²) in [6.45, 7) is 6.10. The third kappa shape index (κ3) is 3.27. The van der Waals surface area contributed by atoms with Crippen molar-refractivity contribution in [2.75, 3.05) is 14.1 Å². The lowest BCUT2D eigenvalue weighted by atomic mass is 9.99. The van der Waals surface area contributed by atoms with Crippen LogP contribution in [0.25, 0.3) is 22.2 Å². The fourth-order valence-corrected chi connectivity index (χ4v) is 3.20. The van der Waals surface area contributed by atoms with Crippen LogP contribution >= 0.6 is 0 Å². The van der Waals surface area contributed by atoms with Crippen LogP contribution in [0, 0.1) is 20.8 Å². The number of nitrogens with one attached hydrogen (secondary N) is 1. The number of rotatable bonds is 4. The van der Waals surface area contributed by atoms with Crippen molar-refractivity contribution in [3.05, 3.63) is 46.8 Å². The molecule has 2 aromatic heterocycles. The van der Waals surface area contributed by atoms with Crippen LogP contribution in [0.1, 0.15) is 28.9 Å². The molecule has 3 aromatic rings. The molecular formula is C20H24N4O. The Labute approximate surface area is 148 Å². The molecule has 5 heteroatoms. The summed E-state index contributed by atoms with van der Waals surface area (Å²) in [5.41, 5.74) is 7.22. The van der Waals surface area contributed by atoms with Gasteiger partial charge in [0.1, 0.15) is 0 Å². The Balaban J connectivity index is 2.09. The number of hydrogen-bond acceptors (Lipinski definition) is 3. The van der Waals surface area contributed by atoms with E-state index in [4.69, 9.17) is 4.98 Å². The zero-order chi connectivity index (χ0) is 18.1. The van der Waals surface area contributed by atoms with Crippen molar-refractivity contribution in [2.24, 2.45) is 0 Å². The molecule has 1 N–H and O–H groups in total. The van der Waals surface area contributed by atoms with E-state index in [0.29, 0.717) is 12.8 Å². The number of carbonyl (C=O) groups excluding carboxylic acids is 1. The van der Waals surface area contributed by atoms with Crippen molar-refractivity contribution in [3.63, 3.8) is 0 Å². The van der Waals surface area contributed by atoms with Gasteiger partial charge in [0.05, 0.1) is 16.9 Å². The molecule has 0 fully saturated rings. The first-order valence-corrected chi connectivity index (χ1v) is 8.50. The summed E-state index contributed by atoms with van der Waals surface area (Å²) in [7, 11) is 3.58. The molecular weight excluding hydrogens is 312 g/mol. The Morgan fingerprint density at radius 3 is 2.60 bits per heavy atom. The molecule has 0 spiro atoms. The van der Waals surface area contributed by atoms with E-state index in [-0.39, 0.29) is 5.91 Å². The second kappa shape index (κ2) is 6.67. The number of benzene rings is 1. The molecule has 3 rings (SSSR count). The molecule has 2 heterocycles. The lowest BCUT2D eigenvalue weighted by Crippen LogP contribution is -2.21. The van der Waals surface area contributed by atoms with Crippen molar-refractivity contribution in [3.8, 4) is 11.3 Å². The average Bonchev–Trinajstić information content (AvgIpc) is 2.91. The molecule has 5 nitrogen and oxygen atoms in total. The highest BCUT2D eigenvalue weighted by Crippen LogP contribution is 2.29. The summed E-state index contributed by atoms with van der Waals surface area (Å²) in [5, 5.41) is 8.45. The zero-order valence-corrected chi connectivity index (χ0v) is 15.5. The zero-order valence-electron chi connectivity index (χ0n) is 15.5. The fourth-order valence-electron chi connectivity index (χ4n) is 3.20. The predicted molar refractivity (Wildman–Crippen MR) is 101 cm³/mol. The number of hydrogen-bond donors (Lipinski definition) is 1. The molecule has 0 atom stereocenters. The van der Waals surface area contributed by atoms with Gasteiger partial charge in [0.15, 0.2) is 0 Å². The Bertz CT molecular complexity index is 921. The van der Waals surface area contributed by atoms with Crippen molar-refractivity contribution < 1.29 is 4.79 Å². The molecule has 1 amide bonds. The lowest BCUT2D eigenvalue weighted by Gasteiger charge is -2.13. The first-order chi connectivity index (χ1) is 11.9. The molecule has 0 radical (unpaired) electrons. The predicted octanol–water partition coefficient (Wildman–Crippen LogP) is 3.57. The number of carbonyl (C=O) groups is 1. The molecule has 0 aliphatic carbocycles. The molecule has 0 aliphatic heterocycles. The van der Waals surface area contributed by atoms with Crippen molar-refractivity contribution >= 4 is 16.8 Å². The summed E-state index contributed by atoms with van der Waals surface area (Å²) in [6, 6.07) is 8.31. The van der Waals surface area contributed by atoms with E-state index >= 15 is 0 Å². The van der Waals surface area contributed by atoms with Crippen LogP contribution in [-0.2, 0) is 11.2 Å². The van der Waals surface area contributed by atoms with Crippen molar-refractivity contribution in [2.45, 2.75) is 33.6 Å². The maximum Gasteiger partial charge on any atom is 0.222 e. The van der Waals surface area contributed by atoms with E-state index in [9.17, 15) is 4.79 Å². The van der Waals surface area contributed by atoms with Gasteiger partial charge in [0.25, 0.3) is 0 Å². The highest BCUT2D eigenvalue weighted by molar-refractivity contribution is 5.88. The van der Waals surface area contributed by atoms with Crippen LogP contribution in [0.2, 0.25) is 0 Å².